The number of ether oxygens (including phenoxy) is 3. The number of hydrogen-bond donors (Lipinski definition) is 2. The minimum atomic E-state index is -0.850. The van der Waals surface area contributed by atoms with E-state index in [-0.39, 0.29) is 18.6 Å². The third kappa shape index (κ3) is 9.26. The molecule has 0 atom stereocenters. The lowest BCUT2D eigenvalue weighted by Gasteiger charge is -2.20. The summed E-state index contributed by atoms with van der Waals surface area (Å²) in [6.07, 6.45) is 1.18. The number of methoxy groups -OCH3 is 1. The van der Waals surface area contributed by atoms with Crippen molar-refractivity contribution in [3.63, 3.8) is 0 Å². The van der Waals surface area contributed by atoms with E-state index in [1.165, 1.54) is 0 Å². The fraction of sp³-hybridized carbons (Fsp3) is 0.278. The number of amides is 2. The van der Waals surface area contributed by atoms with E-state index < -0.39 is 5.97 Å². The maximum Gasteiger partial charge on any atom is 0.321 e. The fourth-order valence-corrected chi connectivity index (χ4v) is 4.70. The van der Waals surface area contributed by atoms with Crippen molar-refractivity contribution in [2.24, 2.45) is 0 Å². The number of hydrogen-bond acceptors (Lipinski definition) is 5. The molecule has 0 saturated carbocycles. The van der Waals surface area contributed by atoms with Crippen LogP contribution < -0.4 is 24.4 Å². The topological polar surface area (TPSA) is 97.3 Å². The molecule has 0 aliphatic heterocycles. The van der Waals surface area contributed by atoms with E-state index >= 15 is 0 Å². The van der Waals surface area contributed by atoms with E-state index in [1.807, 2.05) is 105 Å². The van der Waals surface area contributed by atoms with Crippen molar-refractivity contribution in [3.05, 3.63) is 108 Å². The van der Waals surface area contributed by atoms with Crippen molar-refractivity contribution >= 4 is 17.7 Å². The summed E-state index contributed by atoms with van der Waals surface area (Å²) in [6.45, 7) is 4.76. The number of aliphatic carboxylic acids is 1. The van der Waals surface area contributed by atoms with Gasteiger partial charge in [0, 0.05) is 31.3 Å². The lowest BCUT2D eigenvalue weighted by Crippen LogP contribution is -2.38. The van der Waals surface area contributed by atoms with Crippen molar-refractivity contribution in [1.82, 2.24) is 5.32 Å². The Morgan fingerprint density at radius 1 is 0.841 bits per heavy atom. The average Bonchev–Trinajstić information content (AvgIpc) is 3.02. The van der Waals surface area contributed by atoms with Gasteiger partial charge in [0.2, 0.25) is 0 Å². The predicted octanol–water partition coefficient (Wildman–Crippen LogP) is 7.13. The van der Waals surface area contributed by atoms with Crippen LogP contribution in [0.2, 0.25) is 0 Å². The van der Waals surface area contributed by atoms with Gasteiger partial charge in [-0.3, -0.25) is 9.69 Å². The smallest absolute Gasteiger partial charge is 0.321 e. The molecule has 8 heteroatoms. The third-order valence-corrected chi connectivity index (χ3v) is 7.04. The molecule has 0 aliphatic rings. The van der Waals surface area contributed by atoms with Crippen molar-refractivity contribution in [1.29, 1.82) is 0 Å². The van der Waals surface area contributed by atoms with Crippen LogP contribution in [0.4, 0.5) is 10.5 Å². The van der Waals surface area contributed by atoms with Crippen LogP contribution >= 0.6 is 0 Å². The molecule has 0 saturated heterocycles. The van der Waals surface area contributed by atoms with Crippen LogP contribution in [0, 0.1) is 0 Å². The van der Waals surface area contributed by atoms with Crippen LogP contribution in [-0.4, -0.2) is 43.9 Å². The Morgan fingerprint density at radius 3 is 2.32 bits per heavy atom. The van der Waals surface area contributed by atoms with E-state index in [1.54, 1.807) is 19.1 Å². The standard InChI is InChI=1S/C36H40N2O6/c1-25(2)44-32-10-5-7-28(21-32)24-43-34-22-27(14-18-35(39)40)13-17-33(34)29-8-6-9-30(23-29)38(3)36(41)37-20-19-26-11-15-31(42-4)16-12-26/h5-13,15-17,21-23,25H,14,18-20,24H2,1-4H3,(H,37,41)(H,39,40). The molecule has 2 amide bonds. The molecule has 0 spiro atoms. The Kier molecular flexibility index (Phi) is 11.2. The first kappa shape index (κ1) is 31.9. The SMILES string of the molecule is COc1ccc(CCNC(=O)N(C)c2cccc(-c3ccc(CCC(=O)O)cc3OCc3cccc(OC(C)C)c3)c2)cc1. The highest BCUT2D eigenvalue weighted by Gasteiger charge is 2.14. The number of benzene rings is 4. The highest BCUT2D eigenvalue weighted by Crippen LogP contribution is 2.34. The molecule has 4 aromatic rings. The monoisotopic (exact) mass is 596 g/mol. The van der Waals surface area contributed by atoms with E-state index in [2.05, 4.69) is 5.32 Å². The molecule has 0 bridgehead atoms. The Bertz CT molecular complexity index is 1550. The molecule has 2 N–H and O–H groups in total. The second-order valence-electron chi connectivity index (χ2n) is 10.8. The number of carbonyl (C=O) groups excluding carboxylic acids is 1. The summed E-state index contributed by atoms with van der Waals surface area (Å²) in [7, 11) is 3.37. The number of aryl methyl sites for hydroxylation is 1. The summed E-state index contributed by atoms with van der Waals surface area (Å²) >= 11 is 0. The van der Waals surface area contributed by atoms with Gasteiger partial charge in [0.25, 0.3) is 0 Å². The molecule has 0 radical (unpaired) electrons. The van der Waals surface area contributed by atoms with Crippen LogP contribution in [-0.2, 0) is 24.2 Å². The summed E-state index contributed by atoms with van der Waals surface area (Å²) in [5.74, 6) is 1.35. The van der Waals surface area contributed by atoms with E-state index in [0.717, 1.165) is 45.0 Å². The van der Waals surface area contributed by atoms with Crippen molar-refractivity contribution < 1.29 is 28.9 Å². The minimum absolute atomic E-state index is 0.0290. The molecular formula is C36H40N2O6. The first-order valence-electron chi connectivity index (χ1n) is 14.7. The van der Waals surface area contributed by atoms with Crippen molar-refractivity contribution in [2.75, 3.05) is 25.6 Å². The van der Waals surface area contributed by atoms with Crippen LogP contribution in [0.25, 0.3) is 11.1 Å². The first-order valence-corrected chi connectivity index (χ1v) is 14.7. The minimum Gasteiger partial charge on any atom is -0.497 e. The summed E-state index contributed by atoms with van der Waals surface area (Å²) in [5.41, 5.74) is 5.36. The summed E-state index contributed by atoms with van der Waals surface area (Å²) in [6, 6.07) is 28.8. The molecule has 0 aliphatic carbocycles. The summed E-state index contributed by atoms with van der Waals surface area (Å²) in [4.78, 5) is 25.8. The molecule has 4 rings (SSSR count). The van der Waals surface area contributed by atoms with Gasteiger partial charge in [-0.2, -0.15) is 0 Å². The predicted molar refractivity (Wildman–Crippen MR) is 173 cm³/mol. The van der Waals surface area contributed by atoms with E-state index in [0.29, 0.717) is 31.7 Å². The maximum absolute atomic E-state index is 13.0. The molecule has 0 unspecified atom stereocenters. The largest absolute Gasteiger partial charge is 0.497 e. The van der Waals surface area contributed by atoms with Gasteiger partial charge in [0.15, 0.2) is 0 Å². The Hall–Kier alpha value is -4.98. The summed E-state index contributed by atoms with van der Waals surface area (Å²) in [5, 5.41) is 12.2. The number of rotatable bonds is 14. The van der Waals surface area contributed by atoms with Crippen LogP contribution in [0.15, 0.2) is 91.0 Å². The highest BCUT2D eigenvalue weighted by molar-refractivity contribution is 5.92. The first-order chi connectivity index (χ1) is 21.2. The number of nitrogens with zero attached hydrogens (tertiary/aromatic N) is 1. The number of carboxylic acids is 1. The molecule has 0 aromatic heterocycles. The average molecular weight is 597 g/mol. The molecule has 230 valence electrons. The van der Waals surface area contributed by atoms with E-state index in [9.17, 15) is 14.7 Å². The van der Waals surface area contributed by atoms with Crippen LogP contribution in [0.1, 0.15) is 37.0 Å². The Labute approximate surface area is 259 Å². The highest BCUT2D eigenvalue weighted by atomic mass is 16.5. The lowest BCUT2D eigenvalue weighted by molar-refractivity contribution is -0.136. The van der Waals surface area contributed by atoms with Crippen molar-refractivity contribution in [3.8, 4) is 28.4 Å². The summed E-state index contributed by atoms with van der Waals surface area (Å²) < 4.78 is 17.4. The molecule has 0 fully saturated rings. The zero-order valence-electron chi connectivity index (χ0n) is 25.7. The quantitative estimate of drug-likeness (QED) is 0.161. The normalized spacial score (nSPS) is 10.8. The van der Waals surface area contributed by atoms with Gasteiger partial charge in [-0.05, 0) is 91.4 Å². The van der Waals surface area contributed by atoms with Crippen LogP contribution in [0.5, 0.6) is 17.2 Å². The second-order valence-corrected chi connectivity index (χ2v) is 10.8. The van der Waals surface area contributed by atoms with Gasteiger partial charge < -0.3 is 24.6 Å². The lowest BCUT2D eigenvalue weighted by atomic mass is 10.00. The molecule has 0 heterocycles. The van der Waals surface area contributed by atoms with Crippen molar-refractivity contribution in [2.45, 2.75) is 45.8 Å². The molecular weight excluding hydrogens is 556 g/mol. The van der Waals surface area contributed by atoms with Gasteiger partial charge in [0.05, 0.1) is 13.2 Å². The number of carboxylic acid groups (broad SMARTS) is 1. The molecule has 44 heavy (non-hydrogen) atoms. The molecule has 8 nitrogen and oxygen atoms in total. The number of anilines is 1. The van der Waals surface area contributed by atoms with E-state index in [4.69, 9.17) is 14.2 Å². The van der Waals surface area contributed by atoms with Gasteiger partial charge >= 0.3 is 12.0 Å². The zero-order valence-corrected chi connectivity index (χ0v) is 25.7. The number of nitrogens with one attached hydrogen (secondary N) is 1. The third-order valence-electron chi connectivity index (χ3n) is 7.04. The molecule has 4 aromatic carbocycles. The van der Waals surface area contributed by atoms with Gasteiger partial charge in [0.1, 0.15) is 23.9 Å². The zero-order chi connectivity index (χ0) is 31.5. The van der Waals surface area contributed by atoms with Gasteiger partial charge in [-0.15, -0.1) is 0 Å². The second kappa shape index (κ2) is 15.5. The van der Waals surface area contributed by atoms with Gasteiger partial charge in [-0.1, -0.05) is 48.5 Å². The fourth-order valence-electron chi connectivity index (χ4n) is 4.70. The number of carbonyl (C=O) groups is 2. The maximum atomic E-state index is 13.0. The van der Waals surface area contributed by atoms with Crippen LogP contribution in [0.3, 0.4) is 0 Å². The number of urea groups is 1. The Morgan fingerprint density at radius 2 is 1.59 bits per heavy atom. The Balaban J connectivity index is 1.50. The van der Waals surface area contributed by atoms with Gasteiger partial charge in [-0.25, -0.2) is 4.79 Å².